The smallest absolute Gasteiger partial charge is 0.130 e. The van der Waals surface area contributed by atoms with Crippen LogP contribution in [0.1, 0.15) is 46.6 Å². The van der Waals surface area contributed by atoms with Crippen LogP contribution in [0.15, 0.2) is 101 Å². The van der Waals surface area contributed by atoms with E-state index in [9.17, 15) is 4.79 Å². The number of hydrogen-bond acceptors (Lipinski definition) is 2. The predicted octanol–water partition coefficient (Wildman–Crippen LogP) is 8.09. The maximum atomic E-state index is 10.6. The molecule has 0 aromatic heterocycles. The molecular formula is C27H36OS. The van der Waals surface area contributed by atoms with Gasteiger partial charge < -0.3 is 4.79 Å². The molecule has 1 nitrogen and oxygen atoms in total. The lowest BCUT2D eigenvalue weighted by Crippen LogP contribution is -1.92. The summed E-state index contributed by atoms with van der Waals surface area (Å²) in [6.45, 7) is 9.63. The van der Waals surface area contributed by atoms with Gasteiger partial charge >= 0.3 is 0 Å². The molecule has 0 amide bonds. The van der Waals surface area contributed by atoms with Gasteiger partial charge in [-0.1, -0.05) is 99.8 Å². The number of hydrogen-bond donors (Lipinski definition) is 0. The van der Waals surface area contributed by atoms with Crippen LogP contribution in [0.25, 0.3) is 0 Å². The van der Waals surface area contributed by atoms with E-state index >= 15 is 0 Å². The van der Waals surface area contributed by atoms with Crippen molar-refractivity contribution in [2.75, 3.05) is 6.26 Å². The van der Waals surface area contributed by atoms with Gasteiger partial charge in [0.1, 0.15) is 5.78 Å². The number of aryl methyl sites for hydroxylation is 1. The first-order chi connectivity index (χ1) is 14.2. The highest BCUT2D eigenvalue weighted by atomic mass is 32.2. The van der Waals surface area contributed by atoms with Gasteiger partial charge in [0.15, 0.2) is 0 Å². The second kappa shape index (κ2) is 23.5. The first-order valence-electron chi connectivity index (χ1n) is 10.2. The summed E-state index contributed by atoms with van der Waals surface area (Å²) in [4.78, 5) is 11.9. The minimum atomic E-state index is 0.258. The number of Topliss-reactive ketones (excluding diaryl/α,β-unsaturated/α-hetero) is 1. The Hall–Kier alpha value is -2.50. The number of benzene rings is 2. The summed E-state index contributed by atoms with van der Waals surface area (Å²) in [6.07, 6.45) is 11.1. The maximum absolute atomic E-state index is 10.6. The first-order valence-corrected chi connectivity index (χ1v) is 11.4. The van der Waals surface area contributed by atoms with Crippen LogP contribution < -0.4 is 0 Å². The fraction of sp³-hybridized carbons (Fsp3) is 0.296. The van der Waals surface area contributed by atoms with E-state index in [0.717, 1.165) is 6.42 Å². The van der Waals surface area contributed by atoms with Gasteiger partial charge in [-0.15, -0.1) is 11.8 Å². The lowest BCUT2D eigenvalue weighted by molar-refractivity contribution is -0.116. The molecule has 0 heterocycles. The van der Waals surface area contributed by atoms with Crippen LogP contribution >= 0.6 is 11.8 Å². The van der Waals surface area contributed by atoms with Crippen molar-refractivity contribution < 1.29 is 4.79 Å². The molecule has 0 unspecified atom stereocenters. The molecular weight excluding hydrogens is 372 g/mol. The van der Waals surface area contributed by atoms with Crippen molar-refractivity contribution in [3.05, 3.63) is 102 Å². The van der Waals surface area contributed by atoms with Crippen molar-refractivity contribution in [1.82, 2.24) is 0 Å². The average molecular weight is 409 g/mol. The SMILES string of the molecule is C1=C=CC=CC=1.CC.CC.CC(=O)CCc1ccccc1.CSc1ccccc1. The molecule has 0 saturated heterocycles. The summed E-state index contributed by atoms with van der Waals surface area (Å²) in [5, 5.41) is 0. The Morgan fingerprint density at radius 3 is 1.55 bits per heavy atom. The zero-order valence-corrected chi connectivity index (χ0v) is 19.6. The normalized spacial score (nSPS) is 9.31. The molecule has 0 spiro atoms. The highest BCUT2D eigenvalue weighted by Gasteiger charge is 1.94. The second-order valence-corrected chi connectivity index (χ2v) is 6.09. The molecule has 3 rings (SSSR count). The number of thioether (sulfide) groups is 1. The third-order valence-corrected chi connectivity index (χ3v) is 3.88. The molecule has 0 bridgehead atoms. The largest absolute Gasteiger partial charge is 0.300 e. The summed E-state index contributed by atoms with van der Waals surface area (Å²) in [5.74, 6) is 0.258. The Balaban J connectivity index is 0. The van der Waals surface area contributed by atoms with Gasteiger partial charge in [-0.05, 0) is 49.4 Å². The summed E-state index contributed by atoms with van der Waals surface area (Å²) in [7, 11) is 0. The quantitative estimate of drug-likeness (QED) is 0.375. The van der Waals surface area contributed by atoms with Crippen LogP contribution in [0.2, 0.25) is 0 Å². The van der Waals surface area contributed by atoms with Crippen LogP contribution in [-0.4, -0.2) is 12.0 Å². The Kier molecular flexibility index (Phi) is 23.3. The Labute approximate surface area is 183 Å². The summed E-state index contributed by atoms with van der Waals surface area (Å²) < 4.78 is 0. The predicted molar refractivity (Wildman–Crippen MR) is 132 cm³/mol. The van der Waals surface area contributed by atoms with Crippen LogP contribution in [0.4, 0.5) is 0 Å². The van der Waals surface area contributed by atoms with E-state index < -0.39 is 0 Å². The highest BCUT2D eigenvalue weighted by Crippen LogP contribution is 2.11. The van der Waals surface area contributed by atoms with Gasteiger partial charge in [-0.3, -0.25) is 0 Å². The zero-order chi connectivity index (χ0) is 22.2. The van der Waals surface area contributed by atoms with Gasteiger partial charge in [0.2, 0.25) is 0 Å². The van der Waals surface area contributed by atoms with Gasteiger partial charge in [-0.25, -0.2) is 0 Å². The lowest BCUT2D eigenvalue weighted by Gasteiger charge is -1.96. The molecule has 29 heavy (non-hydrogen) atoms. The van der Waals surface area contributed by atoms with Crippen molar-refractivity contribution in [2.24, 2.45) is 0 Å². The standard InChI is InChI=1S/C10H12O.C7H8S.C6H4.2C2H6/c1-9(11)7-8-10-5-3-2-4-6-10;1-8-7-5-3-2-4-6-7;1-2-4-6-5-3-1;2*1-2/h2-6H,7-8H2,1H3;2-6H,1H3;1-4H;2*1-2H3. The van der Waals surface area contributed by atoms with Crippen LogP contribution in [0.5, 0.6) is 0 Å². The molecule has 0 saturated carbocycles. The molecule has 0 aliphatic heterocycles. The third kappa shape index (κ3) is 20.1. The molecule has 156 valence electrons. The monoisotopic (exact) mass is 408 g/mol. The minimum Gasteiger partial charge on any atom is -0.300 e. The molecule has 1 aliphatic rings. The van der Waals surface area contributed by atoms with E-state index in [-0.39, 0.29) is 5.78 Å². The Morgan fingerprint density at radius 2 is 1.24 bits per heavy atom. The highest BCUT2D eigenvalue weighted by molar-refractivity contribution is 7.98. The molecule has 2 heteroatoms. The molecule has 0 atom stereocenters. The van der Waals surface area contributed by atoms with E-state index in [1.807, 2.05) is 101 Å². The third-order valence-electron chi connectivity index (χ3n) is 3.14. The van der Waals surface area contributed by atoms with Gasteiger partial charge in [0.25, 0.3) is 0 Å². The topological polar surface area (TPSA) is 17.1 Å². The van der Waals surface area contributed by atoms with E-state index in [0.29, 0.717) is 6.42 Å². The van der Waals surface area contributed by atoms with E-state index in [4.69, 9.17) is 0 Å². The Morgan fingerprint density at radius 1 is 0.793 bits per heavy atom. The van der Waals surface area contributed by atoms with Crippen LogP contribution in [0, 0.1) is 0 Å². The fourth-order valence-electron chi connectivity index (χ4n) is 1.83. The first kappa shape index (κ1) is 28.7. The number of carbonyl (C=O) groups excluding carboxylic acids is 1. The summed E-state index contributed by atoms with van der Waals surface area (Å²) in [5.41, 5.74) is 6.77. The fourth-order valence-corrected chi connectivity index (χ4v) is 2.25. The minimum absolute atomic E-state index is 0.258. The molecule has 0 N–H and O–H groups in total. The number of allylic oxidation sites excluding steroid dienone is 4. The van der Waals surface area contributed by atoms with E-state index in [1.165, 1.54) is 10.5 Å². The molecule has 1 aliphatic carbocycles. The van der Waals surface area contributed by atoms with Gasteiger partial charge in [0.05, 0.1) is 0 Å². The van der Waals surface area contributed by atoms with Crippen molar-refractivity contribution in [3.8, 4) is 0 Å². The van der Waals surface area contributed by atoms with Crippen molar-refractivity contribution in [2.45, 2.75) is 52.4 Å². The van der Waals surface area contributed by atoms with Crippen molar-refractivity contribution >= 4 is 17.5 Å². The van der Waals surface area contributed by atoms with Crippen molar-refractivity contribution in [3.63, 3.8) is 0 Å². The van der Waals surface area contributed by atoms with Crippen LogP contribution in [-0.2, 0) is 11.2 Å². The van der Waals surface area contributed by atoms with Crippen LogP contribution in [0.3, 0.4) is 0 Å². The second-order valence-electron chi connectivity index (χ2n) is 5.21. The number of rotatable bonds is 4. The van der Waals surface area contributed by atoms with E-state index in [1.54, 1.807) is 18.7 Å². The molecule has 0 fully saturated rings. The zero-order valence-electron chi connectivity index (χ0n) is 18.8. The average Bonchev–Trinajstić information content (AvgIpc) is 2.83. The van der Waals surface area contributed by atoms with Gasteiger partial charge in [-0.2, -0.15) is 0 Å². The summed E-state index contributed by atoms with van der Waals surface area (Å²) in [6, 6.07) is 20.4. The molecule has 0 radical (unpaired) electrons. The van der Waals surface area contributed by atoms with Gasteiger partial charge in [0, 0.05) is 11.3 Å². The number of ketones is 1. The molecule has 2 aromatic carbocycles. The number of carbonyl (C=O) groups is 1. The van der Waals surface area contributed by atoms with E-state index in [2.05, 4.69) is 29.9 Å². The lowest BCUT2D eigenvalue weighted by atomic mass is 10.1. The maximum Gasteiger partial charge on any atom is 0.130 e. The molecule has 2 aromatic rings. The summed E-state index contributed by atoms with van der Waals surface area (Å²) >= 11 is 1.77. The van der Waals surface area contributed by atoms with Crippen molar-refractivity contribution in [1.29, 1.82) is 0 Å². The Bertz CT molecular complexity index is 715.